The number of thiophene rings is 1. The first-order chi connectivity index (χ1) is 11.5. The zero-order valence-electron chi connectivity index (χ0n) is 13.4. The third kappa shape index (κ3) is 3.19. The fraction of sp³-hybridized carbons (Fsp3) is 0.333. The lowest BCUT2D eigenvalue weighted by atomic mass is 9.85. The van der Waals surface area contributed by atoms with E-state index in [2.05, 4.69) is 5.32 Å². The summed E-state index contributed by atoms with van der Waals surface area (Å²) >= 11 is 1.62. The maximum Gasteiger partial charge on any atom is 0.250 e. The monoisotopic (exact) mass is 346 g/mol. The molecule has 1 aliphatic rings. The van der Waals surface area contributed by atoms with Crippen LogP contribution in [0.3, 0.4) is 0 Å². The first kappa shape index (κ1) is 16.6. The van der Waals surface area contributed by atoms with E-state index >= 15 is 0 Å². The zero-order valence-corrected chi connectivity index (χ0v) is 14.2. The highest BCUT2D eigenvalue weighted by Crippen LogP contribution is 2.33. The third-order valence-corrected chi connectivity index (χ3v) is 5.43. The van der Waals surface area contributed by atoms with Gasteiger partial charge in [-0.1, -0.05) is 18.2 Å². The molecule has 0 radical (unpaired) electrons. The number of rotatable bonds is 5. The van der Waals surface area contributed by atoms with Gasteiger partial charge in [0.1, 0.15) is 11.4 Å². The molecule has 0 spiro atoms. The number of nitrogens with zero attached hydrogens (tertiary/aromatic N) is 1. The molecule has 1 atom stereocenters. The third-order valence-electron chi connectivity index (χ3n) is 4.50. The van der Waals surface area contributed by atoms with Crippen LogP contribution in [0.25, 0.3) is 0 Å². The van der Waals surface area contributed by atoms with Crippen molar-refractivity contribution in [3.8, 4) is 0 Å². The van der Waals surface area contributed by atoms with Crippen LogP contribution in [-0.4, -0.2) is 28.8 Å². The highest BCUT2D eigenvalue weighted by atomic mass is 32.1. The molecule has 1 saturated heterocycles. The van der Waals surface area contributed by atoms with Gasteiger partial charge in [0.25, 0.3) is 0 Å². The Bertz CT molecular complexity index is 747. The molecule has 1 aromatic carbocycles. The van der Waals surface area contributed by atoms with Crippen molar-refractivity contribution >= 4 is 28.8 Å². The molecule has 126 valence electrons. The Labute approximate surface area is 144 Å². The number of nitrogens with one attached hydrogen (secondary N) is 1. The Balaban J connectivity index is 1.63. The standard InChI is InChI=1S/C18H19FN2O2S/c1-18(17(23)20-15-7-3-2-6-14(15)19)10-11-21(18)16(22)9-8-13-5-4-12-24-13/h2-7,12H,8-11H2,1H3,(H,20,23). The van der Waals surface area contributed by atoms with Gasteiger partial charge >= 0.3 is 0 Å². The number of halogens is 1. The van der Waals surface area contributed by atoms with E-state index in [-0.39, 0.29) is 17.5 Å². The van der Waals surface area contributed by atoms with Gasteiger partial charge in [-0.05, 0) is 43.3 Å². The molecule has 1 aliphatic heterocycles. The van der Waals surface area contributed by atoms with E-state index in [4.69, 9.17) is 0 Å². The second kappa shape index (κ2) is 6.73. The minimum Gasteiger partial charge on any atom is -0.328 e. The van der Waals surface area contributed by atoms with Gasteiger partial charge in [-0.15, -0.1) is 11.3 Å². The van der Waals surface area contributed by atoms with Crippen LogP contribution >= 0.6 is 11.3 Å². The SMILES string of the molecule is CC1(C(=O)Nc2ccccc2F)CCN1C(=O)CCc1cccs1. The van der Waals surface area contributed by atoms with Crippen molar-refractivity contribution in [3.05, 3.63) is 52.5 Å². The minimum absolute atomic E-state index is 0.0409. The van der Waals surface area contributed by atoms with E-state index < -0.39 is 11.4 Å². The summed E-state index contributed by atoms with van der Waals surface area (Å²) in [6.45, 7) is 2.29. The summed E-state index contributed by atoms with van der Waals surface area (Å²) in [5, 5.41) is 4.58. The number of anilines is 1. The van der Waals surface area contributed by atoms with E-state index in [1.807, 2.05) is 17.5 Å². The Hall–Kier alpha value is -2.21. The fourth-order valence-corrected chi connectivity index (χ4v) is 3.54. The van der Waals surface area contributed by atoms with Crippen molar-refractivity contribution in [3.63, 3.8) is 0 Å². The molecule has 1 fully saturated rings. The molecule has 0 aliphatic carbocycles. The van der Waals surface area contributed by atoms with E-state index in [9.17, 15) is 14.0 Å². The Morgan fingerprint density at radius 3 is 2.71 bits per heavy atom. The summed E-state index contributed by atoms with van der Waals surface area (Å²) in [4.78, 5) is 27.7. The average molecular weight is 346 g/mol. The molecule has 2 heterocycles. The average Bonchev–Trinajstić information content (AvgIpc) is 3.06. The quantitative estimate of drug-likeness (QED) is 0.901. The van der Waals surface area contributed by atoms with E-state index in [1.165, 1.54) is 12.1 Å². The van der Waals surface area contributed by atoms with Gasteiger partial charge in [0.2, 0.25) is 11.8 Å². The van der Waals surface area contributed by atoms with Gasteiger partial charge in [-0.3, -0.25) is 9.59 Å². The smallest absolute Gasteiger partial charge is 0.250 e. The number of hydrogen-bond acceptors (Lipinski definition) is 3. The van der Waals surface area contributed by atoms with E-state index in [0.29, 0.717) is 25.8 Å². The number of amides is 2. The number of benzene rings is 1. The van der Waals surface area contributed by atoms with Crippen LogP contribution in [0.2, 0.25) is 0 Å². The molecular weight excluding hydrogens is 327 g/mol. The van der Waals surface area contributed by atoms with Crippen molar-refractivity contribution in [2.24, 2.45) is 0 Å². The lowest BCUT2D eigenvalue weighted by Gasteiger charge is -2.49. The van der Waals surface area contributed by atoms with Crippen LogP contribution in [0.15, 0.2) is 41.8 Å². The second-order valence-corrected chi connectivity index (χ2v) is 7.11. The van der Waals surface area contributed by atoms with Gasteiger partial charge in [0, 0.05) is 17.8 Å². The molecule has 0 saturated carbocycles. The van der Waals surface area contributed by atoms with Gasteiger partial charge in [0.15, 0.2) is 0 Å². The molecule has 6 heteroatoms. The Kier molecular flexibility index (Phi) is 4.66. The maximum atomic E-state index is 13.7. The number of hydrogen-bond donors (Lipinski definition) is 1. The maximum absolute atomic E-state index is 13.7. The van der Waals surface area contributed by atoms with Crippen LogP contribution in [0.5, 0.6) is 0 Å². The first-order valence-electron chi connectivity index (χ1n) is 7.89. The number of likely N-dealkylation sites (tertiary alicyclic amines) is 1. The van der Waals surface area contributed by atoms with Crippen LogP contribution in [0.1, 0.15) is 24.6 Å². The van der Waals surface area contributed by atoms with Crippen LogP contribution in [-0.2, 0) is 16.0 Å². The lowest BCUT2D eigenvalue weighted by molar-refractivity contribution is -0.154. The van der Waals surface area contributed by atoms with Gasteiger partial charge in [-0.2, -0.15) is 0 Å². The van der Waals surface area contributed by atoms with Crippen molar-refractivity contribution in [1.29, 1.82) is 0 Å². The van der Waals surface area contributed by atoms with Crippen molar-refractivity contribution < 1.29 is 14.0 Å². The zero-order chi connectivity index (χ0) is 17.2. The van der Waals surface area contributed by atoms with Crippen molar-refractivity contribution in [2.75, 3.05) is 11.9 Å². The van der Waals surface area contributed by atoms with Crippen LogP contribution < -0.4 is 5.32 Å². The second-order valence-electron chi connectivity index (χ2n) is 6.08. The first-order valence-corrected chi connectivity index (χ1v) is 8.77. The summed E-state index contributed by atoms with van der Waals surface area (Å²) in [7, 11) is 0. The summed E-state index contributed by atoms with van der Waals surface area (Å²) < 4.78 is 13.7. The summed E-state index contributed by atoms with van der Waals surface area (Å²) in [6.07, 6.45) is 1.64. The Morgan fingerprint density at radius 1 is 1.29 bits per heavy atom. The van der Waals surface area contributed by atoms with Gasteiger partial charge in [0.05, 0.1) is 5.69 Å². The van der Waals surface area contributed by atoms with Gasteiger partial charge < -0.3 is 10.2 Å². The predicted octanol–water partition coefficient (Wildman–Crippen LogP) is 3.45. The summed E-state index contributed by atoms with van der Waals surface area (Å²) in [6, 6.07) is 9.99. The van der Waals surface area contributed by atoms with Gasteiger partial charge in [-0.25, -0.2) is 4.39 Å². The molecule has 1 aromatic heterocycles. The minimum atomic E-state index is -0.908. The Morgan fingerprint density at radius 2 is 2.08 bits per heavy atom. The molecule has 2 aromatic rings. The highest BCUT2D eigenvalue weighted by Gasteiger charge is 2.49. The molecule has 24 heavy (non-hydrogen) atoms. The summed E-state index contributed by atoms with van der Waals surface area (Å²) in [5.74, 6) is -0.867. The number of carbonyl (C=O) groups is 2. The van der Waals surface area contributed by atoms with E-state index in [1.54, 1.807) is 35.3 Å². The summed E-state index contributed by atoms with van der Waals surface area (Å²) in [5.41, 5.74) is -0.768. The largest absolute Gasteiger partial charge is 0.328 e. The van der Waals surface area contributed by atoms with Crippen molar-refractivity contribution in [2.45, 2.75) is 31.7 Å². The predicted molar refractivity (Wildman–Crippen MR) is 92.4 cm³/mol. The molecule has 3 rings (SSSR count). The topological polar surface area (TPSA) is 49.4 Å². The lowest BCUT2D eigenvalue weighted by Crippen LogP contribution is -2.66. The fourth-order valence-electron chi connectivity index (χ4n) is 2.83. The van der Waals surface area contributed by atoms with Crippen LogP contribution in [0.4, 0.5) is 10.1 Å². The highest BCUT2D eigenvalue weighted by molar-refractivity contribution is 7.09. The number of aryl methyl sites for hydroxylation is 1. The normalized spacial score (nSPS) is 19.7. The van der Waals surface area contributed by atoms with E-state index in [0.717, 1.165) is 4.88 Å². The molecular formula is C18H19FN2O2S. The molecule has 1 N–H and O–H groups in total. The van der Waals surface area contributed by atoms with Crippen molar-refractivity contribution in [1.82, 2.24) is 4.90 Å². The van der Waals surface area contributed by atoms with Crippen LogP contribution in [0, 0.1) is 5.82 Å². The molecule has 0 bridgehead atoms. The molecule has 4 nitrogen and oxygen atoms in total. The number of para-hydroxylation sites is 1. The molecule has 1 unspecified atom stereocenters. The number of carbonyl (C=O) groups excluding carboxylic acids is 2. The molecule has 2 amide bonds.